The number of H-pyrrole nitrogens is 1. The molecule has 0 unspecified atom stereocenters. The summed E-state index contributed by atoms with van der Waals surface area (Å²) in [5.74, 6) is 0.778. The van der Waals surface area contributed by atoms with Gasteiger partial charge in [0.1, 0.15) is 6.26 Å². The smallest absolute Gasteiger partial charge is 0.416 e. The zero-order valence-corrected chi connectivity index (χ0v) is 84.8. The van der Waals surface area contributed by atoms with Gasteiger partial charge in [-0.15, -0.1) is 0 Å². The highest BCUT2D eigenvalue weighted by atomic mass is 32.2. The second-order valence-electron chi connectivity index (χ2n) is 43.2. The van der Waals surface area contributed by atoms with Gasteiger partial charge in [0.15, 0.2) is 9.84 Å². The summed E-state index contributed by atoms with van der Waals surface area (Å²) < 4.78 is 33.1. The maximum absolute atomic E-state index is 11.8. The minimum atomic E-state index is -2.76. The number of aryl methyl sites for hydroxylation is 10. The van der Waals surface area contributed by atoms with Crippen LogP contribution in [0.3, 0.4) is 0 Å². The van der Waals surface area contributed by atoms with Crippen molar-refractivity contribution in [3.63, 3.8) is 0 Å². The first-order valence-corrected chi connectivity index (χ1v) is 54.3. The highest BCUT2D eigenvalue weighted by Gasteiger charge is 2.45. The molecule has 738 valence electrons. The second-order valence-corrected chi connectivity index (χ2v) is 45.5. The number of likely N-dealkylation sites (tertiary alicyclic amines) is 1. The number of carbonyl (C=O) groups is 2. The third-order valence-corrected chi connectivity index (χ3v) is 35.8. The summed E-state index contributed by atoms with van der Waals surface area (Å²) in [4.78, 5) is 69.6. The van der Waals surface area contributed by atoms with Crippen LogP contribution in [0.15, 0.2) is 250 Å². The van der Waals surface area contributed by atoms with Crippen LogP contribution in [0.1, 0.15) is 271 Å². The number of piperazine rings is 1. The molecular weight excluding hydrogens is 1730 g/mol. The first-order valence-electron chi connectivity index (χ1n) is 52.4. The first-order chi connectivity index (χ1) is 66.6. The van der Waals surface area contributed by atoms with Crippen molar-refractivity contribution in [1.82, 2.24) is 43.6 Å². The molecule has 138 heavy (non-hydrogen) atoms. The summed E-state index contributed by atoms with van der Waals surface area (Å²) in [7, 11) is -2.76. The van der Waals surface area contributed by atoms with E-state index in [0.717, 1.165) is 117 Å². The van der Waals surface area contributed by atoms with E-state index in [2.05, 4.69) is 243 Å². The molecule has 3 N–H and O–H groups in total. The van der Waals surface area contributed by atoms with Gasteiger partial charge in [-0.3, -0.25) is 28.4 Å². The number of imidazole rings is 1. The third-order valence-electron chi connectivity index (χ3n) is 34.2. The number of sulfone groups is 1. The van der Waals surface area contributed by atoms with Crippen molar-refractivity contribution < 1.29 is 27.5 Å². The number of piperidine rings is 1. The number of nitrogens with zero attached hydrogens (tertiary/aromatic N) is 7. The predicted molar refractivity (Wildman–Crippen MR) is 560 cm³/mol. The first kappa shape index (κ1) is 102. The molecule has 0 spiro atoms. The van der Waals surface area contributed by atoms with Gasteiger partial charge in [-0.25, -0.2) is 18.0 Å². The van der Waals surface area contributed by atoms with Crippen molar-refractivity contribution in [3.8, 4) is 0 Å². The number of nitrogens with one attached hydrogen (secondary N) is 2. The van der Waals surface area contributed by atoms with Gasteiger partial charge in [-0.2, -0.15) is 0 Å². The van der Waals surface area contributed by atoms with Gasteiger partial charge in [0, 0.05) is 109 Å². The Balaban J connectivity index is 0.000000122. The summed E-state index contributed by atoms with van der Waals surface area (Å²) in [5.41, 5.74) is 22.0. The molecule has 21 rings (SSSR count). The number of oxazole rings is 1. The Morgan fingerprint density at radius 3 is 0.986 bits per heavy atom. The molecule has 10 aromatic rings. The fourth-order valence-electron chi connectivity index (χ4n) is 23.1. The van der Waals surface area contributed by atoms with E-state index in [1.807, 2.05) is 34.0 Å². The number of amides is 2. The van der Waals surface area contributed by atoms with E-state index >= 15 is 0 Å². The number of aliphatic hydroxyl groups is 1. The number of hydrogen-bond donors (Lipinski definition) is 3. The van der Waals surface area contributed by atoms with E-state index in [0.29, 0.717) is 63.6 Å². The molecule has 10 fully saturated rings. The Labute approximate surface area is 822 Å². The molecule has 4 aliphatic heterocycles. The third kappa shape index (κ3) is 26.4. The Bertz CT molecular complexity index is 5730. The fourth-order valence-corrected chi connectivity index (χ4v) is 24.4. The average Bonchev–Trinajstić information content (AvgIpc) is 1.79. The number of aromatic nitrogens is 4. The Morgan fingerprint density at radius 1 is 0.362 bits per heavy atom. The summed E-state index contributed by atoms with van der Waals surface area (Å²) in [6.45, 7) is 28.2. The highest BCUT2D eigenvalue weighted by molar-refractivity contribution is 7.91. The zero-order chi connectivity index (χ0) is 96.8. The van der Waals surface area contributed by atoms with Crippen molar-refractivity contribution >= 4 is 21.7 Å². The minimum Gasteiger partial charge on any atom is -0.416 e. The second kappa shape index (κ2) is 47.0. The molecule has 7 heterocycles. The van der Waals surface area contributed by atoms with Crippen LogP contribution in [0.2, 0.25) is 0 Å². The van der Waals surface area contributed by atoms with Crippen molar-refractivity contribution in [1.29, 1.82) is 0 Å². The number of benzene rings is 7. The molecule has 7 aromatic carbocycles. The zero-order valence-electron chi connectivity index (χ0n) is 84.0. The lowest BCUT2D eigenvalue weighted by atomic mass is 9.62. The molecule has 11 aliphatic rings. The molecule has 3 aromatic heterocycles. The molecule has 7 aliphatic carbocycles. The standard InChI is InChI=1S/C18H27NO.C18H21NO.C17H24N2O.C17H25NO2S.C17H21NO.C16H20N2O.C16H19NO2/c1-15-3-5-16(6-4-15)18(9-2-10-18)11-14-19-12-7-17(20)8-13-19;1-15-6-8-16(9-7-15)18(10-4-11-18)12-14-19-13-3-2-5-17(19)20;1-14-3-5-15(6-4-14)17(7-2-8-17)9-11-19-12-10-18-16(20)13-19;1-15-3-5-16(6-4-15)17(7-2-8-17)9-10-18-11-13-21(19,20)14-12-18;1-14-5-7-15(8-6-14)17(9-3-10-17)11-13-18-12-2-4-16(18)19;1-13-3-5-14(6-4-13)16(7-2-8-16)9-11-18-12-10-17-15(18)19;1-13-3-5-14(6-4-13)16(7-2-8-16)9-10-17-11-12-19-15(17)18/h3-6,17,20H,2,7-14H2,1H3;2-3,5-9,13H,4,10-12,14H2,1H3;3-6H,2,7-13H2,1H3,(H,18,20);3-6H,2,7-14H2,1H3;2,4-8H,3,9-13H2,1H3;3-6,10,12H,2,7-9,11H2,1H3,(H,17,19);3-6,11-12H,2,7-10H2,1H3. The van der Waals surface area contributed by atoms with Crippen molar-refractivity contribution in [3.05, 3.63) is 341 Å². The molecule has 0 bridgehead atoms. The van der Waals surface area contributed by atoms with Crippen LogP contribution >= 0.6 is 0 Å². The minimum absolute atomic E-state index is 0.00150. The topological polar surface area (TPSA) is 208 Å². The van der Waals surface area contributed by atoms with E-state index in [1.54, 1.807) is 45.3 Å². The number of hydrogen-bond acceptors (Lipinski definition) is 12. The van der Waals surface area contributed by atoms with Gasteiger partial charge in [0.2, 0.25) is 17.4 Å². The SMILES string of the molecule is Cc1ccc(C2(CCN3CC=CC3=O)CCC2)cc1.Cc1ccc(C2(CCN3CCC(O)CC3)CCC2)cc1.Cc1ccc(C2(CCN3CCNC(=O)C3)CCC2)cc1.Cc1ccc(C2(CCN3CCS(=O)(=O)CC3)CCC2)cc1.Cc1ccc(C2(CCn3cc[nH]c3=O)CCC2)cc1.Cc1ccc(C2(CCn3ccccc3=O)CCC2)cc1.Cc1ccc(C2(CCn3ccoc3=O)CCC2)cc1. The molecule has 3 saturated heterocycles. The van der Waals surface area contributed by atoms with Crippen LogP contribution < -0.4 is 22.3 Å². The number of aromatic amines is 1. The number of pyridine rings is 1. The summed E-state index contributed by atoms with van der Waals surface area (Å²) in [5, 5.41) is 12.5. The quantitative estimate of drug-likeness (QED) is 0.0418. The molecule has 18 nitrogen and oxygen atoms in total. The van der Waals surface area contributed by atoms with Gasteiger partial charge in [0.05, 0.1) is 24.2 Å². The van der Waals surface area contributed by atoms with E-state index in [-0.39, 0.29) is 40.3 Å². The molecule has 0 atom stereocenters. The number of rotatable bonds is 28. The molecule has 19 heteroatoms. The normalized spacial score (nSPS) is 20.3. The van der Waals surface area contributed by atoms with Crippen molar-refractivity contribution in [2.75, 3.05) is 90.0 Å². The van der Waals surface area contributed by atoms with E-state index < -0.39 is 9.84 Å². The monoisotopic (exact) mass is 1890 g/mol. The molecule has 0 radical (unpaired) electrons. The van der Waals surface area contributed by atoms with E-state index in [9.17, 15) is 37.5 Å². The fraction of sp³-hybridized carbons (Fsp3) is 0.521. The highest BCUT2D eigenvalue weighted by Crippen LogP contribution is 2.53. The lowest BCUT2D eigenvalue weighted by molar-refractivity contribution is -0.125. The maximum atomic E-state index is 11.8. The van der Waals surface area contributed by atoms with Gasteiger partial charge in [-0.05, 0) is 299 Å². The molecule has 2 amide bonds. The Hall–Kier alpha value is -10.0. The number of aliphatic hydroxyl groups excluding tert-OH is 1. The van der Waals surface area contributed by atoms with Crippen molar-refractivity contribution in [2.45, 2.75) is 305 Å². The van der Waals surface area contributed by atoms with Crippen LogP contribution in [0.5, 0.6) is 0 Å². The van der Waals surface area contributed by atoms with E-state index in [1.165, 1.54) is 233 Å². The number of carbonyl (C=O) groups excluding carboxylic acids is 2. The molecular formula is C119H157N9O9S. The van der Waals surface area contributed by atoms with Crippen LogP contribution in [-0.2, 0) is 77.0 Å². The maximum Gasteiger partial charge on any atom is 0.418 e. The largest absolute Gasteiger partial charge is 0.418 e. The lowest BCUT2D eigenvalue weighted by Gasteiger charge is -2.44. The van der Waals surface area contributed by atoms with Gasteiger partial charge in [0.25, 0.3) is 0 Å². The van der Waals surface area contributed by atoms with E-state index in [4.69, 9.17) is 4.42 Å². The van der Waals surface area contributed by atoms with Crippen LogP contribution in [0.25, 0.3) is 0 Å². The van der Waals surface area contributed by atoms with Crippen LogP contribution in [-0.4, -0.2) is 160 Å². The average molecular weight is 1890 g/mol. The lowest BCUT2D eigenvalue weighted by Crippen LogP contribution is -2.49. The van der Waals surface area contributed by atoms with Crippen molar-refractivity contribution in [2.24, 2.45) is 0 Å². The Morgan fingerprint density at radius 2 is 0.688 bits per heavy atom. The van der Waals surface area contributed by atoms with Gasteiger partial charge >= 0.3 is 11.4 Å². The van der Waals surface area contributed by atoms with Crippen LogP contribution in [0.4, 0.5) is 0 Å². The predicted octanol–water partition coefficient (Wildman–Crippen LogP) is 21.2. The summed E-state index contributed by atoms with van der Waals surface area (Å²) in [6.07, 6.45) is 49.1. The Kier molecular flexibility index (Phi) is 34.9. The van der Waals surface area contributed by atoms with Gasteiger partial charge in [-0.1, -0.05) is 266 Å². The summed E-state index contributed by atoms with van der Waals surface area (Å²) in [6, 6.07) is 68.3. The summed E-state index contributed by atoms with van der Waals surface area (Å²) >= 11 is 0. The van der Waals surface area contributed by atoms with Gasteiger partial charge < -0.3 is 39.1 Å². The van der Waals surface area contributed by atoms with Crippen LogP contribution in [0, 0.1) is 48.5 Å². The molecule has 7 saturated carbocycles.